The number of hydrogen-bond acceptors (Lipinski definition) is 2. The number of carbonyl (C=O) groups is 2. The second-order valence-electron chi connectivity index (χ2n) is 4.72. The molecule has 0 saturated carbocycles. The zero-order valence-corrected chi connectivity index (χ0v) is 9.40. The zero-order valence-electron chi connectivity index (χ0n) is 9.40. The van der Waals surface area contributed by atoms with E-state index in [-0.39, 0.29) is 23.8 Å². The first kappa shape index (κ1) is 10.5. The molecule has 0 radical (unpaired) electrons. The van der Waals surface area contributed by atoms with Gasteiger partial charge in [-0.25, -0.2) is 0 Å². The molecule has 84 valence electrons. The Morgan fingerprint density at radius 1 is 1.40 bits per heavy atom. The number of hydrogen-bond donors (Lipinski definition) is 0. The lowest BCUT2D eigenvalue weighted by atomic mass is 10.1. The van der Waals surface area contributed by atoms with Crippen molar-refractivity contribution in [2.75, 3.05) is 19.6 Å². The lowest BCUT2D eigenvalue weighted by Gasteiger charge is -2.38. The maximum atomic E-state index is 11.8. The summed E-state index contributed by atoms with van der Waals surface area (Å²) < 4.78 is 0. The van der Waals surface area contributed by atoms with E-state index in [1.165, 1.54) is 0 Å². The molecule has 2 aliphatic heterocycles. The molecule has 2 rings (SSSR count). The van der Waals surface area contributed by atoms with E-state index in [9.17, 15) is 9.59 Å². The van der Waals surface area contributed by atoms with Gasteiger partial charge in [-0.3, -0.25) is 9.59 Å². The fourth-order valence-electron chi connectivity index (χ4n) is 2.43. The summed E-state index contributed by atoms with van der Waals surface area (Å²) in [6.07, 6.45) is 1.58. The Balaban J connectivity index is 1.99. The van der Waals surface area contributed by atoms with Crippen LogP contribution in [0.15, 0.2) is 0 Å². The van der Waals surface area contributed by atoms with Gasteiger partial charge in [-0.15, -0.1) is 0 Å². The molecule has 0 aromatic carbocycles. The van der Waals surface area contributed by atoms with E-state index in [1.807, 2.05) is 23.6 Å². The van der Waals surface area contributed by atoms with Crippen molar-refractivity contribution >= 4 is 11.8 Å². The van der Waals surface area contributed by atoms with Crippen LogP contribution in [0.5, 0.6) is 0 Å². The molecular formula is C11H18N2O2. The fourth-order valence-corrected chi connectivity index (χ4v) is 2.43. The monoisotopic (exact) mass is 210 g/mol. The number of carbonyl (C=O) groups excluding carboxylic acids is 2. The van der Waals surface area contributed by atoms with Gasteiger partial charge in [0.2, 0.25) is 11.8 Å². The molecule has 0 aromatic heterocycles. The van der Waals surface area contributed by atoms with E-state index in [0.29, 0.717) is 13.0 Å². The summed E-state index contributed by atoms with van der Waals surface area (Å²) >= 11 is 0. The smallest absolute Gasteiger partial charge is 0.225 e. The summed E-state index contributed by atoms with van der Waals surface area (Å²) in [6, 6.07) is 0.286. The van der Waals surface area contributed by atoms with Gasteiger partial charge in [-0.1, -0.05) is 13.8 Å². The highest BCUT2D eigenvalue weighted by molar-refractivity contribution is 5.81. The summed E-state index contributed by atoms with van der Waals surface area (Å²) in [7, 11) is 0. The van der Waals surface area contributed by atoms with Gasteiger partial charge in [0.05, 0.1) is 0 Å². The van der Waals surface area contributed by atoms with Crippen molar-refractivity contribution in [1.29, 1.82) is 0 Å². The highest BCUT2D eigenvalue weighted by Gasteiger charge is 2.37. The van der Waals surface area contributed by atoms with Gasteiger partial charge in [-0.05, 0) is 6.42 Å². The van der Waals surface area contributed by atoms with Crippen molar-refractivity contribution in [2.45, 2.75) is 32.7 Å². The maximum Gasteiger partial charge on any atom is 0.225 e. The highest BCUT2D eigenvalue weighted by atomic mass is 16.2. The third-order valence-corrected chi connectivity index (χ3v) is 3.30. The van der Waals surface area contributed by atoms with E-state index in [0.717, 1.165) is 19.5 Å². The van der Waals surface area contributed by atoms with Crippen LogP contribution in [0.1, 0.15) is 26.7 Å². The molecule has 2 saturated heterocycles. The summed E-state index contributed by atoms with van der Waals surface area (Å²) in [5, 5.41) is 0. The van der Waals surface area contributed by atoms with Crippen LogP contribution in [0.4, 0.5) is 0 Å². The molecule has 0 aliphatic carbocycles. The van der Waals surface area contributed by atoms with Gasteiger partial charge in [-0.2, -0.15) is 0 Å². The molecule has 2 aliphatic rings. The summed E-state index contributed by atoms with van der Waals surface area (Å²) in [5.41, 5.74) is 0. The van der Waals surface area contributed by atoms with Crippen LogP contribution in [-0.2, 0) is 9.59 Å². The van der Waals surface area contributed by atoms with E-state index >= 15 is 0 Å². The molecule has 2 amide bonds. The summed E-state index contributed by atoms with van der Waals surface area (Å²) in [4.78, 5) is 27.1. The highest BCUT2D eigenvalue weighted by Crippen LogP contribution is 2.23. The van der Waals surface area contributed by atoms with Crippen molar-refractivity contribution < 1.29 is 9.59 Å². The Morgan fingerprint density at radius 2 is 2.13 bits per heavy atom. The second kappa shape index (κ2) is 3.83. The molecule has 2 fully saturated rings. The molecule has 15 heavy (non-hydrogen) atoms. The van der Waals surface area contributed by atoms with Crippen LogP contribution < -0.4 is 0 Å². The number of rotatable bonds is 1. The second-order valence-corrected chi connectivity index (χ2v) is 4.72. The Bertz CT molecular complexity index is 288. The maximum absolute atomic E-state index is 11.8. The topological polar surface area (TPSA) is 40.6 Å². The molecular weight excluding hydrogens is 192 g/mol. The largest absolute Gasteiger partial charge is 0.339 e. The molecule has 4 heteroatoms. The standard InChI is InChI=1S/C11H18N2O2/c1-8(2)11(15)12-5-6-13-9(7-12)3-4-10(13)14/h8-9H,3-7H2,1-2H3. The lowest BCUT2D eigenvalue weighted by molar-refractivity contribution is -0.141. The fraction of sp³-hybridized carbons (Fsp3) is 0.818. The molecule has 0 N–H and O–H groups in total. The Kier molecular flexibility index (Phi) is 2.67. The van der Waals surface area contributed by atoms with Crippen LogP contribution in [-0.4, -0.2) is 47.3 Å². The van der Waals surface area contributed by atoms with Gasteiger partial charge in [0, 0.05) is 38.0 Å². The molecule has 0 bridgehead atoms. The Morgan fingerprint density at radius 3 is 2.80 bits per heavy atom. The number of piperazine rings is 1. The van der Waals surface area contributed by atoms with Gasteiger partial charge < -0.3 is 9.80 Å². The predicted molar refractivity (Wildman–Crippen MR) is 56.2 cm³/mol. The Labute approximate surface area is 90.2 Å². The minimum atomic E-state index is 0.0636. The van der Waals surface area contributed by atoms with Crippen molar-refractivity contribution in [3.63, 3.8) is 0 Å². The SMILES string of the molecule is CC(C)C(=O)N1CCN2C(=O)CCC2C1. The lowest BCUT2D eigenvalue weighted by Crippen LogP contribution is -2.54. The summed E-state index contributed by atoms with van der Waals surface area (Å²) in [6.45, 7) is 6.02. The van der Waals surface area contributed by atoms with Crippen molar-refractivity contribution in [3.05, 3.63) is 0 Å². The number of nitrogens with zero attached hydrogens (tertiary/aromatic N) is 2. The zero-order chi connectivity index (χ0) is 11.0. The van der Waals surface area contributed by atoms with Crippen LogP contribution in [0.2, 0.25) is 0 Å². The van der Waals surface area contributed by atoms with Crippen molar-refractivity contribution in [2.24, 2.45) is 5.92 Å². The first-order chi connectivity index (χ1) is 7.09. The van der Waals surface area contributed by atoms with Gasteiger partial charge in [0.25, 0.3) is 0 Å². The molecule has 1 atom stereocenters. The summed E-state index contributed by atoms with van der Waals surface area (Å²) in [5.74, 6) is 0.541. The molecule has 0 spiro atoms. The number of amides is 2. The van der Waals surface area contributed by atoms with Crippen molar-refractivity contribution in [1.82, 2.24) is 9.80 Å². The predicted octanol–water partition coefficient (Wildman–Crippen LogP) is 0.476. The minimum absolute atomic E-state index is 0.0636. The van der Waals surface area contributed by atoms with Crippen LogP contribution in [0.3, 0.4) is 0 Å². The first-order valence-electron chi connectivity index (χ1n) is 5.68. The van der Waals surface area contributed by atoms with Crippen LogP contribution >= 0.6 is 0 Å². The third kappa shape index (κ3) is 1.85. The van der Waals surface area contributed by atoms with Crippen molar-refractivity contribution in [3.8, 4) is 0 Å². The normalized spacial score (nSPS) is 26.1. The van der Waals surface area contributed by atoms with E-state index in [1.54, 1.807) is 0 Å². The number of fused-ring (bicyclic) bond motifs is 1. The average Bonchev–Trinajstić information content (AvgIpc) is 2.59. The molecule has 0 aromatic rings. The van der Waals surface area contributed by atoms with Crippen LogP contribution in [0, 0.1) is 5.92 Å². The quantitative estimate of drug-likeness (QED) is 0.631. The van der Waals surface area contributed by atoms with E-state index < -0.39 is 0 Å². The Hall–Kier alpha value is -1.06. The molecule has 2 heterocycles. The van der Waals surface area contributed by atoms with E-state index in [4.69, 9.17) is 0 Å². The molecule has 1 unspecified atom stereocenters. The minimum Gasteiger partial charge on any atom is -0.339 e. The molecule has 4 nitrogen and oxygen atoms in total. The van der Waals surface area contributed by atoms with Gasteiger partial charge >= 0.3 is 0 Å². The third-order valence-electron chi connectivity index (χ3n) is 3.30. The van der Waals surface area contributed by atoms with Crippen LogP contribution in [0.25, 0.3) is 0 Å². The average molecular weight is 210 g/mol. The van der Waals surface area contributed by atoms with Gasteiger partial charge in [0.15, 0.2) is 0 Å². The van der Waals surface area contributed by atoms with Gasteiger partial charge in [0.1, 0.15) is 0 Å². The first-order valence-corrected chi connectivity index (χ1v) is 5.68. The van der Waals surface area contributed by atoms with E-state index in [2.05, 4.69) is 0 Å².